The van der Waals surface area contributed by atoms with Crippen molar-refractivity contribution in [2.24, 2.45) is 0 Å². The smallest absolute Gasteiger partial charge is 0.120 e. The molecule has 4 nitrogen and oxygen atoms in total. The van der Waals surface area contributed by atoms with E-state index >= 15 is 0 Å². The molecule has 1 heterocycles. The molecule has 104 valence electrons. The number of hydrogen-bond acceptors (Lipinski definition) is 4. The van der Waals surface area contributed by atoms with Gasteiger partial charge in [0.2, 0.25) is 0 Å². The molecule has 0 aromatic heterocycles. The minimum atomic E-state index is 0.261. The summed E-state index contributed by atoms with van der Waals surface area (Å²) in [7, 11) is 3.77. The summed E-state index contributed by atoms with van der Waals surface area (Å²) in [6, 6.07) is 6.15. The molecule has 1 aliphatic rings. The molecule has 2 rings (SSSR count). The highest BCUT2D eigenvalue weighted by Crippen LogP contribution is 2.32. The quantitative estimate of drug-likeness (QED) is 0.768. The van der Waals surface area contributed by atoms with Gasteiger partial charge in [-0.2, -0.15) is 0 Å². The Morgan fingerprint density at radius 1 is 1.37 bits per heavy atom. The summed E-state index contributed by atoms with van der Waals surface area (Å²) in [5, 5.41) is 12.2. The maximum atomic E-state index is 8.79. The van der Waals surface area contributed by atoms with Gasteiger partial charge in [-0.25, -0.2) is 0 Å². The van der Waals surface area contributed by atoms with Crippen LogP contribution in [0.1, 0.15) is 18.4 Å². The second kappa shape index (κ2) is 6.48. The van der Waals surface area contributed by atoms with Crippen LogP contribution in [0.15, 0.2) is 24.3 Å². The van der Waals surface area contributed by atoms with Gasteiger partial charge in [-0.05, 0) is 31.1 Å². The van der Waals surface area contributed by atoms with Gasteiger partial charge in [0.1, 0.15) is 5.75 Å². The number of anilines is 1. The summed E-state index contributed by atoms with van der Waals surface area (Å²) in [5.74, 6) is 0.882. The van der Waals surface area contributed by atoms with Crippen LogP contribution in [-0.4, -0.2) is 39.0 Å². The molecule has 1 aromatic rings. The van der Waals surface area contributed by atoms with E-state index in [1.807, 2.05) is 6.07 Å². The predicted octanol–water partition coefficient (Wildman–Crippen LogP) is 1.85. The van der Waals surface area contributed by atoms with Crippen LogP contribution in [0.3, 0.4) is 0 Å². The molecule has 0 spiro atoms. The van der Waals surface area contributed by atoms with Crippen LogP contribution in [0.4, 0.5) is 5.69 Å². The number of nitrogens with zero attached hydrogens (tertiary/aromatic N) is 1. The fourth-order valence-electron chi connectivity index (χ4n) is 2.25. The number of fused-ring (bicyclic) bond motifs is 1. The molecule has 0 aliphatic carbocycles. The van der Waals surface area contributed by atoms with E-state index in [4.69, 9.17) is 9.84 Å². The fourth-order valence-corrected chi connectivity index (χ4v) is 2.25. The zero-order valence-electron chi connectivity index (χ0n) is 11.6. The van der Waals surface area contributed by atoms with Crippen LogP contribution in [0.25, 0.3) is 5.70 Å². The number of likely N-dealkylation sites (N-methyl/N-ethyl adjacent to an activating group) is 1. The molecule has 0 atom stereocenters. The Hall–Kier alpha value is -1.68. The van der Waals surface area contributed by atoms with Crippen molar-refractivity contribution in [2.45, 2.75) is 12.8 Å². The molecule has 0 bridgehead atoms. The third-order valence-electron chi connectivity index (χ3n) is 3.38. The van der Waals surface area contributed by atoms with Crippen molar-refractivity contribution in [3.63, 3.8) is 0 Å². The van der Waals surface area contributed by atoms with Gasteiger partial charge in [-0.3, -0.25) is 0 Å². The Bertz CT molecular complexity index is 457. The van der Waals surface area contributed by atoms with Crippen molar-refractivity contribution in [2.75, 3.05) is 38.8 Å². The number of methoxy groups -OCH3 is 1. The number of aliphatic hydroxyl groups excluding tert-OH is 1. The van der Waals surface area contributed by atoms with Gasteiger partial charge in [0, 0.05) is 49.8 Å². The molecular formula is C15H22N2O2. The van der Waals surface area contributed by atoms with E-state index in [2.05, 4.69) is 35.5 Å². The second-order valence-electron chi connectivity index (χ2n) is 4.74. The average molecular weight is 262 g/mol. The number of rotatable bonds is 6. The lowest BCUT2D eigenvalue weighted by Crippen LogP contribution is -2.26. The van der Waals surface area contributed by atoms with Crippen LogP contribution < -0.4 is 15.0 Å². The van der Waals surface area contributed by atoms with Crippen molar-refractivity contribution in [1.82, 2.24) is 5.32 Å². The van der Waals surface area contributed by atoms with E-state index in [0.717, 1.165) is 31.7 Å². The van der Waals surface area contributed by atoms with E-state index in [-0.39, 0.29) is 6.61 Å². The summed E-state index contributed by atoms with van der Waals surface area (Å²) in [5.41, 5.74) is 3.57. The normalized spacial score (nSPS) is 13.8. The summed E-state index contributed by atoms with van der Waals surface area (Å²) in [4.78, 5) is 2.21. The van der Waals surface area contributed by atoms with Crippen molar-refractivity contribution in [3.8, 4) is 5.75 Å². The summed E-state index contributed by atoms with van der Waals surface area (Å²) < 4.78 is 5.28. The van der Waals surface area contributed by atoms with Gasteiger partial charge < -0.3 is 20.1 Å². The number of nitrogens with one attached hydrogen (secondary N) is 1. The highest BCUT2D eigenvalue weighted by molar-refractivity contribution is 5.80. The molecule has 0 amide bonds. The summed E-state index contributed by atoms with van der Waals surface area (Å²) in [6.07, 6.45) is 4.03. The minimum Gasteiger partial charge on any atom is -0.497 e. The Labute approximate surface area is 114 Å². The first-order valence-electron chi connectivity index (χ1n) is 6.70. The van der Waals surface area contributed by atoms with E-state index in [1.165, 1.54) is 16.9 Å². The molecule has 0 fully saturated rings. The molecule has 2 N–H and O–H groups in total. The molecule has 0 unspecified atom stereocenters. The van der Waals surface area contributed by atoms with Crippen molar-refractivity contribution >= 4 is 11.4 Å². The number of aliphatic hydroxyl groups is 1. The average Bonchev–Trinajstić information content (AvgIpc) is 2.45. The van der Waals surface area contributed by atoms with Gasteiger partial charge in [0.25, 0.3) is 0 Å². The third kappa shape index (κ3) is 3.20. The Morgan fingerprint density at radius 2 is 2.21 bits per heavy atom. The minimum absolute atomic E-state index is 0.261. The summed E-state index contributed by atoms with van der Waals surface area (Å²) in [6.45, 7) is 2.04. The van der Waals surface area contributed by atoms with Gasteiger partial charge in [-0.1, -0.05) is 0 Å². The lowest BCUT2D eigenvalue weighted by Gasteiger charge is -2.28. The zero-order valence-corrected chi connectivity index (χ0v) is 11.6. The van der Waals surface area contributed by atoms with Crippen LogP contribution >= 0.6 is 0 Å². The van der Waals surface area contributed by atoms with Crippen LogP contribution in [0.5, 0.6) is 5.75 Å². The number of hydrogen-bond donors (Lipinski definition) is 2. The monoisotopic (exact) mass is 262 g/mol. The number of unbranched alkanes of at least 4 members (excludes halogenated alkanes) is 1. The molecule has 0 saturated carbocycles. The van der Waals surface area contributed by atoms with Crippen molar-refractivity contribution < 1.29 is 9.84 Å². The van der Waals surface area contributed by atoms with Gasteiger partial charge in [0.15, 0.2) is 0 Å². The van der Waals surface area contributed by atoms with Crippen molar-refractivity contribution in [1.29, 1.82) is 0 Å². The molecule has 0 saturated heterocycles. The standard InChI is InChI=1S/C15H22N2O2/c1-17-9-7-14(16-8-3-4-10-18)13-6-5-12(19-2)11-15(13)17/h5-7,11,16,18H,3-4,8-10H2,1-2H3. The first kappa shape index (κ1) is 13.7. The maximum absolute atomic E-state index is 8.79. The molecular weight excluding hydrogens is 240 g/mol. The lowest BCUT2D eigenvalue weighted by molar-refractivity contribution is 0.284. The van der Waals surface area contributed by atoms with E-state index in [1.54, 1.807) is 7.11 Å². The molecule has 4 heteroatoms. The summed E-state index contributed by atoms with van der Waals surface area (Å²) >= 11 is 0. The third-order valence-corrected chi connectivity index (χ3v) is 3.38. The molecule has 1 aliphatic heterocycles. The van der Waals surface area contributed by atoms with Gasteiger partial charge >= 0.3 is 0 Å². The SMILES string of the molecule is COc1ccc2c(c1)N(C)CC=C2NCCCCO. The first-order chi connectivity index (χ1) is 9.26. The highest BCUT2D eigenvalue weighted by Gasteiger charge is 2.16. The van der Waals surface area contributed by atoms with E-state index < -0.39 is 0 Å². The number of benzene rings is 1. The van der Waals surface area contributed by atoms with Gasteiger partial charge in [-0.15, -0.1) is 0 Å². The van der Waals surface area contributed by atoms with E-state index in [0.29, 0.717) is 0 Å². The number of ether oxygens (including phenoxy) is 1. The predicted molar refractivity (Wildman–Crippen MR) is 78.6 cm³/mol. The fraction of sp³-hybridized carbons (Fsp3) is 0.467. The maximum Gasteiger partial charge on any atom is 0.120 e. The van der Waals surface area contributed by atoms with Crippen molar-refractivity contribution in [3.05, 3.63) is 29.8 Å². The molecule has 1 aromatic carbocycles. The Balaban J connectivity index is 2.11. The van der Waals surface area contributed by atoms with E-state index in [9.17, 15) is 0 Å². The van der Waals surface area contributed by atoms with Crippen LogP contribution in [-0.2, 0) is 0 Å². The van der Waals surface area contributed by atoms with Crippen LogP contribution in [0.2, 0.25) is 0 Å². The second-order valence-corrected chi connectivity index (χ2v) is 4.74. The van der Waals surface area contributed by atoms with Crippen LogP contribution in [0, 0.1) is 0 Å². The largest absolute Gasteiger partial charge is 0.497 e. The Kier molecular flexibility index (Phi) is 4.68. The topological polar surface area (TPSA) is 44.7 Å². The zero-order chi connectivity index (χ0) is 13.7. The highest BCUT2D eigenvalue weighted by atomic mass is 16.5. The lowest BCUT2D eigenvalue weighted by atomic mass is 10.0. The first-order valence-corrected chi connectivity index (χ1v) is 6.70. The van der Waals surface area contributed by atoms with Gasteiger partial charge in [0.05, 0.1) is 7.11 Å². The Morgan fingerprint density at radius 3 is 2.95 bits per heavy atom. The molecule has 0 radical (unpaired) electrons. The molecule has 19 heavy (non-hydrogen) atoms.